The van der Waals surface area contributed by atoms with E-state index in [-0.39, 0.29) is 12.5 Å². The first-order valence-electron chi connectivity index (χ1n) is 6.86. The summed E-state index contributed by atoms with van der Waals surface area (Å²) in [4.78, 5) is 20.3. The van der Waals surface area contributed by atoms with Gasteiger partial charge in [-0.25, -0.2) is 4.98 Å². The molecule has 1 aromatic carbocycles. The van der Waals surface area contributed by atoms with Crippen LogP contribution in [0.2, 0.25) is 0 Å². The first kappa shape index (κ1) is 14.4. The maximum absolute atomic E-state index is 12.0. The number of benzene rings is 1. The zero-order valence-electron chi connectivity index (χ0n) is 12.0. The van der Waals surface area contributed by atoms with Gasteiger partial charge in [0.1, 0.15) is 5.82 Å². The molecule has 2 aromatic heterocycles. The molecule has 7 nitrogen and oxygen atoms in total. The van der Waals surface area contributed by atoms with Crippen molar-refractivity contribution in [1.82, 2.24) is 25.5 Å². The number of amides is 1. The third-order valence-corrected chi connectivity index (χ3v) is 3.16. The minimum Gasteiger partial charge on any atom is -0.345 e. The van der Waals surface area contributed by atoms with Gasteiger partial charge >= 0.3 is 0 Å². The summed E-state index contributed by atoms with van der Waals surface area (Å²) in [6.45, 7) is 0.233. The second-order valence-electron chi connectivity index (χ2n) is 4.71. The van der Waals surface area contributed by atoms with Crippen LogP contribution >= 0.6 is 0 Å². The van der Waals surface area contributed by atoms with Gasteiger partial charge in [0.15, 0.2) is 5.82 Å². The topological polar surface area (TPSA) is 107 Å². The lowest BCUT2D eigenvalue weighted by Gasteiger charge is -2.02. The summed E-state index contributed by atoms with van der Waals surface area (Å²) in [6.07, 6.45) is 3.33. The number of nitriles is 1. The zero-order chi connectivity index (χ0) is 16.1. The van der Waals surface area contributed by atoms with Gasteiger partial charge < -0.3 is 5.32 Å². The fraction of sp³-hybridized carbons (Fsp3) is 0.0625. The number of pyridine rings is 1. The quantitative estimate of drug-likeness (QED) is 0.762. The van der Waals surface area contributed by atoms with Crippen molar-refractivity contribution in [2.45, 2.75) is 6.54 Å². The lowest BCUT2D eigenvalue weighted by atomic mass is 10.1. The number of rotatable bonds is 4. The summed E-state index contributed by atoms with van der Waals surface area (Å²) in [6, 6.07) is 12.0. The molecule has 23 heavy (non-hydrogen) atoms. The second kappa shape index (κ2) is 6.49. The van der Waals surface area contributed by atoms with Crippen molar-refractivity contribution in [2.75, 3.05) is 0 Å². The smallest absolute Gasteiger partial charge is 0.251 e. The highest BCUT2D eigenvalue weighted by Crippen LogP contribution is 2.12. The Morgan fingerprint density at radius 2 is 1.91 bits per heavy atom. The lowest BCUT2D eigenvalue weighted by molar-refractivity contribution is 0.0950. The van der Waals surface area contributed by atoms with Crippen LogP contribution in [0.3, 0.4) is 0 Å². The van der Waals surface area contributed by atoms with Crippen molar-refractivity contribution in [3.8, 4) is 17.5 Å². The Hall–Kier alpha value is -3.53. The molecule has 0 atom stereocenters. The largest absolute Gasteiger partial charge is 0.345 e. The van der Waals surface area contributed by atoms with Crippen LogP contribution in [-0.4, -0.2) is 26.1 Å². The first-order chi connectivity index (χ1) is 11.3. The molecule has 0 aliphatic carbocycles. The third kappa shape index (κ3) is 3.39. The number of nitrogens with zero attached hydrogens (tertiary/aromatic N) is 4. The van der Waals surface area contributed by atoms with Crippen molar-refractivity contribution >= 4 is 5.91 Å². The highest BCUT2D eigenvalue weighted by molar-refractivity contribution is 5.94. The molecule has 0 saturated carbocycles. The third-order valence-electron chi connectivity index (χ3n) is 3.16. The molecule has 3 rings (SSSR count). The highest BCUT2D eigenvalue weighted by Gasteiger charge is 2.08. The standard InChI is InChI=1S/C16H12N6O/c17-9-11-1-3-13(4-2-11)16(23)19-10-14-20-15(22-21-14)12-5-7-18-8-6-12/h1-8H,10H2,(H,19,23)(H,20,21,22). The van der Waals surface area contributed by atoms with Crippen LogP contribution in [0.4, 0.5) is 0 Å². The Kier molecular flexibility index (Phi) is 4.07. The SMILES string of the molecule is N#Cc1ccc(C(=O)NCc2nc(-c3ccncc3)n[nH]2)cc1. The lowest BCUT2D eigenvalue weighted by Crippen LogP contribution is -2.23. The fourth-order valence-corrected chi connectivity index (χ4v) is 1.97. The molecule has 1 amide bonds. The average molecular weight is 304 g/mol. The van der Waals surface area contributed by atoms with Crippen LogP contribution in [0, 0.1) is 11.3 Å². The summed E-state index contributed by atoms with van der Waals surface area (Å²) >= 11 is 0. The number of hydrogen-bond donors (Lipinski definition) is 2. The van der Waals surface area contributed by atoms with Gasteiger partial charge in [0.05, 0.1) is 18.2 Å². The Bertz CT molecular complexity index is 848. The number of hydrogen-bond acceptors (Lipinski definition) is 5. The molecular formula is C16H12N6O. The molecule has 2 heterocycles. The number of carbonyl (C=O) groups is 1. The van der Waals surface area contributed by atoms with Crippen LogP contribution in [0.25, 0.3) is 11.4 Å². The number of aromatic amines is 1. The molecule has 0 unspecified atom stereocenters. The molecule has 112 valence electrons. The minimum absolute atomic E-state index is 0.233. The van der Waals surface area contributed by atoms with E-state index < -0.39 is 0 Å². The van der Waals surface area contributed by atoms with Gasteiger partial charge in [0.25, 0.3) is 5.91 Å². The van der Waals surface area contributed by atoms with Crippen molar-refractivity contribution in [3.63, 3.8) is 0 Å². The number of H-pyrrole nitrogens is 1. The Balaban J connectivity index is 1.63. The van der Waals surface area contributed by atoms with E-state index >= 15 is 0 Å². The Morgan fingerprint density at radius 1 is 1.17 bits per heavy atom. The predicted molar refractivity (Wildman–Crippen MR) is 81.9 cm³/mol. The monoisotopic (exact) mass is 304 g/mol. The maximum atomic E-state index is 12.0. The normalized spacial score (nSPS) is 10.0. The van der Waals surface area contributed by atoms with E-state index in [4.69, 9.17) is 5.26 Å². The molecule has 0 fully saturated rings. The predicted octanol–water partition coefficient (Wildman–Crippen LogP) is 1.67. The molecule has 7 heteroatoms. The summed E-state index contributed by atoms with van der Waals surface area (Å²) in [5, 5.41) is 18.4. The summed E-state index contributed by atoms with van der Waals surface area (Å²) < 4.78 is 0. The van der Waals surface area contributed by atoms with Crippen LogP contribution in [-0.2, 0) is 6.54 Å². The molecule has 0 bridgehead atoms. The van der Waals surface area contributed by atoms with E-state index in [0.29, 0.717) is 22.8 Å². The molecule has 3 aromatic rings. The van der Waals surface area contributed by atoms with Gasteiger partial charge in [-0.05, 0) is 36.4 Å². The second-order valence-corrected chi connectivity index (χ2v) is 4.71. The summed E-state index contributed by atoms with van der Waals surface area (Å²) in [5.74, 6) is 0.866. The van der Waals surface area contributed by atoms with E-state index in [0.717, 1.165) is 5.56 Å². The minimum atomic E-state index is -0.239. The summed E-state index contributed by atoms with van der Waals surface area (Å²) in [5.41, 5.74) is 1.84. The van der Waals surface area contributed by atoms with Crippen molar-refractivity contribution in [3.05, 3.63) is 65.7 Å². The first-order valence-corrected chi connectivity index (χ1v) is 6.86. The number of aromatic nitrogens is 4. The molecular weight excluding hydrogens is 292 g/mol. The maximum Gasteiger partial charge on any atom is 0.251 e. The van der Waals surface area contributed by atoms with Crippen LogP contribution in [0.5, 0.6) is 0 Å². The van der Waals surface area contributed by atoms with Gasteiger partial charge in [-0.1, -0.05) is 0 Å². The molecule has 0 aliphatic heterocycles. The van der Waals surface area contributed by atoms with Gasteiger partial charge in [-0.3, -0.25) is 14.9 Å². The number of nitrogens with one attached hydrogen (secondary N) is 2. The molecule has 0 aliphatic rings. The van der Waals surface area contributed by atoms with Gasteiger partial charge in [0, 0.05) is 23.5 Å². The van der Waals surface area contributed by atoms with Crippen LogP contribution in [0.15, 0.2) is 48.8 Å². The van der Waals surface area contributed by atoms with Crippen molar-refractivity contribution < 1.29 is 4.79 Å². The van der Waals surface area contributed by atoms with Crippen molar-refractivity contribution in [1.29, 1.82) is 5.26 Å². The van der Waals surface area contributed by atoms with E-state index in [2.05, 4.69) is 25.5 Å². The van der Waals surface area contributed by atoms with Gasteiger partial charge in [0.2, 0.25) is 0 Å². The number of carbonyl (C=O) groups excluding carboxylic acids is 1. The van der Waals surface area contributed by atoms with Crippen LogP contribution < -0.4 is 5.32 Å². The molecule has 0 radical (unpaired) electrons. The molecule has 2 N–H and O–H groups in total. The zero-order valence-corrected chi connectivity index (χ0v) is 12.0. The fourth-order valence-electron chi connectivity index (χ4n) is 1.97. The van der Waals surface area contributed by atoms with Gasteiger partial charge in [-0.15, -0.1) is 0 Å². The van der Waals surface area contributed by atoms with Crippen LogP contribution in [0.1, 0.15) is 21.7 Å². The Labute approximate surface area is 132 Å². The Morgan fingerprint density at radius 3 is 2.61 bits per heavy atom. The highest BCUT2D eigenvalue weighted by atomic mass is 16.1. The van der Waals surface area contributed by atoms with E-state index in [1.165, 1.54) is 0 Å². The van der Waals surface area contributed by atoms with Gasteiger partial charge in [-0.2, -0.15) is 10.4 Å². The van der Waals surface area contributed by atoms with Crippen molar-refractivity contribution in [2.24, 2.45) is 0 Å². The molecule has 0 spiro atoms. The van der Waals surface area contributed by atoms with E-state index in [1.807, 2.05) is 18.2 Å². The average Bonchev–Trinajstić information content (AvgIpc) is 3.09. The van der Waals surface area contributed by atoms with E-state index in [9.17, 15) is 4.79 Å². The molecule has 0 saturated heterocycles. The summed E-state index contributed by atoms with van der Waals surface area (Å²) in [7, 11) is 0. The van der Waals surface area contributed by atoms with E-state index in [1.54, 1.807) is 36.7 Å².